The summed E-state index contributed by atoms with van der Waals surface area (Å²) in [7, 11) is 0. The van der Waals surface area contributed by atoms with E-state index >= 15 is 0 Å². The minimum atomic E-state index is -0.161. The van der Waals surface area contributed by atoms with Crippen molar-refractivity contribution in [3.8, 4) is 0 Å². The van der Waals surface area contributed by atoms with E-state index in [0.29, 0.717) is 37.9 Å². The van der Waals surface area contributed by atoms with Gasteiger partial charge in [0.2, 0.25) is 11.8 Å². The monoisotopic (exact) mass is 405 g/mol. The number of para-hydroxylation sites is 1. The number of hydrogen-bond donors (Lipinski definition) is 2. The van der Waals surface area contributed by atoms with Crippen LogP contribution in [0.5, 0.6) is 0 Å². The van der Waals surface area contributed by atoms with E-state index in [1.165, 1.54) is 0 Å². The van der Waals surface area contributed by atoms with E-state index in [9.17, 15) is 14.4 Å². The average Bonchev–Trinajstić information content (AvgIpc) is 2.78. The first-order valence-corrected chi connectivity index (χ1v) is 10.6. The number of piperidine rings is 1. The molecule has 6 nitrogen and oxygen atoms in total. The van der Waals surface area contributed by atoms with Gasteiger partial charge in [-0.1, -0.05) is 36.4 Å². The smallest absolute Gasteiger partial charge is 0.251 e. The number of amides is 3. The zero-order valence-electron chi connectivity index (χ0n) is 17.0. The molecule has 2 N–H and O–H groups in total. The number of anilines is 1. The van der Waals surface area contributed by atoms with Crippen LogP contribution >= 0.6 is 0 Å². The molecule has 2 heterocycles. The van der Waals surface area contributed by atoms with Crippen LogP contribution in [0.15, 0.2) is 54.6 Å². The van der Waals surface area contributed by atoms with Gasteiger partial charge in [0.05, 0.1) is 0 Å². The molecular formula is C24H27N3O3. The topological polar surface area (TPSA) is 78.5 Å². The number of nitrogens with one attached hydrogen (secondary N) is 2. The average molecular weight is 405 g/mol. The fourth-order valence-electron chi connectivity index (χ4n) is 4.23. The highest BCUT2D eigenvalue weighted by atomic mass is 16.2. The molecule has 1 fully saturated rings. The van der Waals surface area contributed by atoms with Crippen molar-refractivity contribution >= 4 is 23.4 Å². The number of benzene rings is 2. The van der Waals surface area contributed by atoms with Crippen molar-refractivity contribution in [1.29, 1.82) is 0 Å². The van der Waals surface area contributed by atoms with Crippen molar-refractivity contribution in [2.75, 3.05) is 18.4 Å². The summed E-state index contributed by atoms with van der Waals surface area (Å²) in [4.78, 5) is 39.1. The molecule has 0 aliphatic carbocycles. The van der Waals surface area contributed by atoms with Gasteiger partial charge in [0, 0.05) is 42.7 Å². The van der Waals surface area contributed by atoms with Crippen LogP contribution in [0.2, 0.25) is 0 Å². The summed E-state index contributed by atoms with van der Waals surface area (Å²) in [6, 6.07) is 17.1. The van der Waals surface area contributed by atoms with Gasteiger partial charge in [-0.05, 0) is 49.4 Å². The highest BCUT2D eigenvalue weighted by molar-refractivity contribution is 5.96. The molecule has 6 heteroatoms. The van der Waals surface area contributed by atoms with E-state index in [1.807, 2.05) is 47.4 Å². The van der Waals surface area contributed by atoms with Gasteiger partial charge in [-0.25, -0.2) is 0 Å². The predicted octanol–water partition coefficient (Wildman–Crippen LogP) is 3.00. The van der Waals surface area contributed by atoms with Gasteiger partial charge < -0.3 is 15.5 Å². The summed E-state index contributed by atoms with van der Waals surface area (Å²) in [5, 5.41) is 6.01. The Morgan fingerprint density at radius 2 is 1.70 bits per heavy atom. The van der Waals surface area contributed by atoms with Crippen LogP contribution in [0, 0.1) is 5.92 Å². The van der Waals surface area contributed by atoms with Crippen LogP contribution < -0.4 is 10.6 Å². The maximum Gasteiger partial charge on any atom is 0.251 e. The largest absolute Gasteiger partial charge is 0.349 e. The molecule has 0 bridgehead atoms. The molecule has 1 saturated heterocycles. The number of carbonyl (C=O) groups is 3. The van der Waals surface area contributed by atoms with Gasteiger partial charge in [-0.3, -0.25) is 14.4 Å². The van der Waals surface area contributed by atoms with E-state index in [0.717, 1.165) is 24.1 Å². The van der Waals surface area contributed by atoms with Gasteiger partial charge in [-0.2, -0.15) is 0 Å². The lowest BCUT2D eigenvalue weighted by molar-refractivity contribution is -0.132. The molecular weight excluding hydrogens is 378 g/mol. The second-order valence-electron chi connectivity index (χ2n) is 8.08. The zero-order valence-corrected chi connectivity index (χ0v) is 17.0. The highest BCUT2D eigenvalue weighted by Gasteiger charge is 2.28. The molecule has 1 atom stereocenters. The predicted molar refractivity (Wildman–Crippen MR) is 115 cm³/mol. The summed E-state index contributed by atoms with van der Waals surface area (Å²) in [5.41, 5.74) is 2.66. The van der Waals surface area contributed by atoms with Gasteiger partial charge in [0.25, 0.3) is 5.91 Å². The van der Waals surface area contributed by atoms with Crippen LogP contribution in [-0.2, 0) is 16.0 Å². The Kier molecular flexibility index (Phi) is 6.12. The van der Waals surface area contributed by atoms with Crippen molar-refractivity contribution < 1.29 is 14.4 Å². The number of rotatable bonds is 5. The molecule has 2 aliphatic heterocycles. The van der Waals surface area contributed by atoms with E-state index in [4.69, 9.17) is 0 Å². The minimum Gasteiger partial charge on any atom is -0.349 e. The second kappa shape index (κ2) is 9.11. The van der Waals surface area contributed by atoms with E-state index in [2.05, 4.69) is 10.6 Å². The third-order valence-electron chi connectivity index (χ3n) is 6.04. The quantitative estimate of drug-likeness (QED) is 0.803. The lowest BCUT2D eigenvalue weighted by Gasteiger charge is -2.33. The zero-order chi connectivity index (χ0) is 20.9. The van der Waals surface area contributed by atoms with E-state index < -0.39 is 0 Å². The van der Waals surface area contributed by atoms with E-state index in [-0.39, 0.29) is 29.7 Å². The summed E-state index contributed by atoms with van der Waals surface area (Å²) in [5.74, 6) is -0.131. The molecule has 2 aromatic carbocycles. The normalized spacial score (nSPS) is 19.0. The highest BCUT2D eigenvalue weighted by Crippen LogP contribution is 2.28. The molecule has 0 spiro atoms. The number of fused-ring (bicyclic) bond motifs is 1. The fraction of sp³-hybridized carbons (Fsp3) is 0.375. The SMILES string of the molecule is O=C(NC1CCN(C(=O)CC[C@H]2Cc3ccccc3NC2=O)CC1)c1ccccc1. The number of hydrogen-bond acceptors (Lipinski definition) is 3. The molecule has 30 heavy (non-hydrogen) atoms. The molecule has 0 saturated carbocycles. The Balaban J connectivity index is 1.22. The molecule has 4 rings (SSSR count). The van der Waals surface area contributed by atoms with Crippen molar-refractivity contribution in [3.63, 3.8) is 0 Å². The molecule has 0 unspecified atom stereocenters. The van der Waals surface area contributed by atoms with Crippen LogP contribution in [0.3, 0.4) is 0 Å². The summed E-state index contributed by atoms with van der Waals surface area (Å²) >= 11 is 0. The molecule has 2 aliphatic rings. The maximum absolute atomic E-state index is 12.7. The number of carbonyl (C=O) groups excluding carboxylic acids is 3. The minimum absolute atomic E-state index is 0.00355. The van der Waals surface area contributed by atoms with Crippen molar-refractivity contribution in [1.82, 2.24) is 10.2 Å². The second-order valence-corrected chi connectivity index (χ2v) is 8.08. The molecule has 2 aromatic rings. The lowest BCUT2D eigenvalue weighted by Crippen LogP contribution is -2.46. The molecule has 0 aromatic heterocycles. The summed E-state index contributed by atoms with van der Waals surface area (Å²) in [6.45, 7) is 1.27. The number of nitrogens with zero attached hydrogens (tertiary/aromatic N) is 1. The standard InChI is InChI=1S/C24H27N3O3/c28-22(11-10-19-16-18-8-4-5-9-21(18)26-24(19)30)27-14-12-20(13-15-27)25-23(29)17-6-2-1-3-7-17/h1-9,19-20H,10-16H2,(H,25,29)(H,26,30)/t19-/m0/s1. The Morgan fingerprint density at radius 3 is 2.47 bits per heavy atom. The molecule has 3 amide bonds. The van der Waals surface area contributed by atoms with Crippen LogP contribution in [0.4, 0.5) is 5.69 Å². The first-order valence-electron chi connectivity index (χ1n) is 10.6. The van der Waals surface area contributed by atoms with Gasteiger partial charge in [0.1, 0.15) is 0 Å². The third-order valence-corrected chi connectivity index (χ3v) is 6.04. The number of likely N-dealkylation sites (tertiary alicyclic amines) is 1. The van der Waals surface area contributed by atoms with Crippen LogP contribution in [0.1, 0.15) is 41.6 Å². The Labute approximate surface area is 176 Å². The lowest BCUT2D eigenvalue weighted by atomic mass is 9.89. The van der Waals surface area contributed by atoms with Gasteiger partial charge in [-0.15, -0.1) is 0 Å². The van der Waals surface area contributed by atoms with Gasteiger partial charge >= 0.3 is 0 Å². The maximum atomic E-state index is 12.7. The van der Waals surface area contributed by atoms with Crippen molar-refractivity contribution in [2.45, 2.75) is 38.1 Å². The molecule has 156 valence electrons. The van der Waals surface area contributed by atoms with Crippen LogP contribution in [-0.4, -0.2) is 41.8 Å². The molecule has 0 radical (unpaired) electrons. The van der Waals surface area contributed by atoms with Gasteiger partial charge in [0.15, 0.2) is 0 Å². The fourth-order valence-corrected chi connectivity index (χ4v) is 4.23. The third kappa shape index (κ3) is 4.70. The van der Waals surface area contributed by atoms with Crippen LogP contribution in [0.25, 0.3) is 0 Å². The van der Waals surface area contributed by atoms with Crippen molar-refractivity contribution in [3.05, 3.63) is 65.7 Å². The Bertz CT molecular complexity index is 920. The first kappa shape index (κ1) is 20.1. The summed E-state index contributed by atoms with van der Waals surface area (Å²) in [6.07, 6.45) is 3.12. The summed E-state index contributed by atoms with van der Waals surface area (Å²) < 4.78 is 0. The van der Waals surface area contributed by atoms with Crippen molar-refractivity contribution in [2.24, 2.45) is 5.92 Å². The van der Waals surface area contributed by atoms with E-state index in [1.54, 1.807) is 12.1 Å². The Morgan fingerprint density at radius 1 is 1.00 bits per heavy atom. The Hall–Kier alpha value is -3.15. The first-order chi connectivity index (χ1) is 14.6.